The maximum absolute atomic E-state index is 9.42. The lowest BCUT2D eigenvalue weighted by Gasteiger charge is -2.15. The molecule has 0 N–H and O–H groups in total. The average molecular weight is 347 g/mol. The van der Waals surface area contributed by atoms with Gasteiger partial charge < -0.3 is 14.1 Å². The predicted octanol–water partition coefficient (Wildman–Crippen LogP) is 4.64. The van der Waals surface area contributed by atoms with E-state index in [4.69, 9.17) is 9.15 Å². The van der Waals surface area contributed by atoms with Crippen molar-refractivity contribution >= 4 is 5.88 Å². The van der Waals surface area contributed by atoms with Crippen LogP contribution in [-0.2, 0) is 6.54 Å². The van der Waals surface area contributed by atoms with Crippen molar-refractivity contribution in [2.75, 3.05) is 18.6 Å². The van der Waals surface area contributed by atoms with E-state index in [0.29, 0.717) is 24.9 Å². The molecule has 0 unspecified atom stereocenters. The molecule has 3 aromatic rings. The highest BCUT2D eigenvalue weighted by Crippen LogP contribution is 2.29. The maximum atomic E-state index is 9.42. The second kappa shape index (κ2) is 8.21. The molecule has 0 aliphatic rings. The van der Waals surface area contributed by atoms with Gasteiger partial charge in [0.1, 0.15) is 11.8 Å². The third-order valence-electron chi connectivity index (χ3n) is 3.90. The SMILES string of the molecule is CCCOc1ccc(-c2nc(C#N)c(N(C)Cc3ccccc3)o2)cc1. The molecule has 0 radical (unpaired) electrons. The Bertz CT molecular complexity index is 880. The van der Waals surface area contributed by atoms with Crippen LogP contribution in [0.1, 0.15) is 24.6 Å². The van der Waals surface area contributed by atoms with Gasteiger partial charge in [-0.2, -0.15) is 10.2 Å². The number of anilines is 1. The number of hydrogen-bond donors (Lipinski definition) is 0. The Morgan fingerprint density at radius 1 is 1.12 bits per heavy atom. The Balaban J connectivity index is 1.81. The molecule has 0 atom stereocenters. The van der Waals surface area contributed by atoms with Crippen molar-refractivity contribution in [3.05, 3.63) is 65.9 Å². The second-order valence-electron chi connectivity index (χ2n) is 6.00. The lowest BCUT2D eigenvalue weighted by molar-refractivity contribution is 0.317. The number of rotatable bonds is 7. The van der Waals surface area contributed by atoms with E-state index in [1.807, 2.05) is 66.5 Å². The van der Waals surface area contributed by atoms with Crippen LogP contribution >= 0.6 is 0 Å². The van der Waals surface area contributed by atoms with Crippen molar-refractivity contribution in [1.29, 1.82) is 5.26 Å². The first kappa shape index (κ1) is 17.6. The molecule has 2 aromatic carbocycles. The van der Waals surface area contributed by atoms with Crippen LogP contribution in [0.3, 0.4) is 0 Å². The molecule has 0 saturated heterocycles. The fourth-order valence-electron chi connectivity index (χ4n) is 2.61. The summed E-state index contributed by atoms with van der Waals surface area (Å²) in [6, 6.07) is 19.7. The number of ether oxygens (including phenoxy) is 1. The largest absolute Gasteiger partial charge is 0.494 e. The second-order valence-corrected chi connectivity index (χ2v) is 6.00. The van der Waals surface area contributed by atoms with Gasteiger partial charge in [0.05, 0.1) is 6.61 Å². The Kier molecular flexibility index (Phi) is 5.55. The molecule has 1 heterocycles. The lowest BCUT2D eigenvalue weighted by Crippen LogP contribution is -2.16. The molecule has 5 nitrogen and oxygen atoms in total. The standard InChI is InChI=1S/C21H21N3O2/c1-3-13-25-18-11-9-17(10-12-18)20-23-19(14-22)21(26-20)24(2)15-16-7-5-4-6-8-16/h4-12H,3,13,15H2,1-2H3. The maximum Gasteiger partial charge on any atom is 0.235 e. The highest BCUT2D eigenvalue weighted by atomic mass is 16.5. The minimum atomic E-state index is 0.282. The lowest BCUT2D eigenvalue weighted by atomic mass is 10.2. The summed E-state index contributed by atoms with van der Waals surface area (Å²) in [6.07, 6.45) is 0.962. The number of oxazole rings is 1. The van der Waals surface area contributed by atoms with E-state index >= 15 is 0 Å². The smallest absolute Gasteiger partial charge is 0.235 e. The van der Waals surface area contributed by atoms with Crippen molar-refractivity contribution in [3.63, 3.8) is 0 Å². The van der Waals surface area contributed by atoms with Crippen molar-refractivity contribution < 1.29 is 9.15 Å². The van der Waals surface area contributed by atoms with Gasteiger partial charge in [-0.25, -0.2) is 0 Å². The van der Waals surface area contributed by atoms with Crippen LogP contribution in [-0.4, -0.2) is 18.6 Å². The molecule has 0 bridgehead atoms. The van der Waals surface area contributed by atoms with Gasteiger partial charge >= 0.3 is 0 Å². The minimum absolute atomic E-state index is 0.282. The summed E-state index contributed by atoms with van der Waals surface area (Å²) in [5.41, 5.74) is 2.23. The molecule has 3 rings (SSSR count). The molecular weight excluding hydrogens is 326 g/mol. The van der Waals surface area contributed by atoms with Crippen LogP contribution in [0.25, 0.3) is 11.5 Å². The first-order valence-electron chi connectivity index (χ1n) is 8.60. The van der Waals surface area contributed by atoms with Crippen LogP contribution in [0.4, 0.5) is 5.88 Å². The number of nitrogens with zero attached hydrogens (tertiary/aromatic N) is 3. The van der Waals surface area contributed by atoms with Gasteiger partial charge in [0, 0.05) is 19.2 Å². The number of aromatic nitrogens is 1. The highest BCUT2D eigenvalue weighted by Gasteiger charge is 2.18. The molecule has 0 amide bonds. The topological polar surface area (TPSA) is 62.3 Å². The van der Waals surface area contributed by atoms with Gasteiger partial charge in [-0.05, 0) is 36.2 Å². The van der Waals surface area contributed by atoms with Crippen molar-refractivity contribution in [1.82, 2.24) is 4.98 Å². The summed E-state index contributed by atoms with van der Waals surface area (Å²) in [5.74, 6) is 1.71. The van der Waals surface area contributed by atoms with Gasteiger partial charge in [-0.3, -0.25) is 0 Å². The quantitative estimate of drug-likeness (QED) is 0.623. The molecule has 0 fully saturated rings. The summed E-state index contributed by atoms with van der Waals surface area (Å²) in [7, 11) is 1.89. The van der Waals surface area contributed by atoms with Crippen LogP contribution in [0.2, 0.25) is 0 Å². The van der Waals surface area contributed by atoms with Crippen molar-refractivity contribution in [3.8, 4) is 23.3 Å². The van der Waals surface area contributed by atoms with E-state index in [2.05, 4.69) is 18.0 Å². The predicted molar refractivity (Wildman–Crippen MR) is 101 cm³/mol. The first-order valence-corrected chi connectivity index (χ1v) is 8.60. The summed E-state index contributed by atoms with van der Waals surface area (Å²) in [4.78, 5) is 6.24. The summed E-state index contributed by atoms with van der Waals surface area (Å²) < 4.78 is 11.5. The van der Waals surface area contributed by atoms with Crippen LogP contribution in [0.15, 0.2) is 59.0 Å². The van der Waals surface area contributed by atoms with E-state index in [0.717, 1.165) is 23.3 Å². The molecule has 0 aliphatic heterocycles. The number of benzene rings is 2. The zero-order chi connectivity index (χ0) is 18.4. The monoisotopic (exact) mass is 347 g/mol. The van der Waals surface area contributed by atoms with E-state index in [9.17, 15) is 5.26 Å². The van der Waals surface area contributed by atoms with Gasteiger partial charge in [-0.15, -0.1) is 0 Å². The number of hydrogen-bond acceptors (Lipinski definition) is 5. The van der Waals surface area contributed by atoms with Crippen LogP contribution in [0, 0.1) is 11.3 Å². The average Bonchev–Trinajstić information content (AvgIpc) is 3.12. The fourth-order valence-corrected chi connectivity index (χ4v) is 2.61. The minimum Gasteiger partial charge on any atom is -0.494 e. The Morgan fingerprint density at radius 2 is 1.85 bits per heavy atom. The summed E-state index contributed by atoms with van der Waals surface area (Å²) in [5, 5.41) is 9.42. The molecule has 0 aliphatic carbocycles. The van der Waals surface area contributed by atoms with E-state index < -0.39 is 0 Å². The first-order chi connectivity index (χ1) is 12.7. The molecule has 0 saturated carbocycles. The van der Waals surface area contributed by atoms with Crippen LogP contribution in [0.5, 0.6) is 5.75 Å². The highest BCUT2D eigenvalue weighted by molar-refractivity contribution is 5.60. The van der Waals surface area contributed by atoms with Gasteiger partial charge in [0.2, 0.25) is 17.5 Å². The van der Waals surface area contributed by atoms with Crippen molar-refractivity contribution in [2.24, 2.45) is 0 Å². The molecule has 5 heteroatoms. The van der Waals surface area contributed by atoms with Crippen molar-refractivity contribution in [2.45, 2.75) is 19.9 Å². The Hall–Kier alpha value is -3.26. The zero-order valence-corrected chi connectivity index (χ0v) is 15.0. The van der Waals surface area contributed by atoms with Gasteiger partial charge in [0.15, 0.2) is 0 Å². The normalized spacial score (nSPS) is 10.3. The third kappa shape index (κ3) is 4.04. The van der Waals surface area contributed by atoms with E-state index in [-0.39, 0.29) is 5.69 Å². The summed E-state index contributed by atoms with van der Waals surface area (Å²) >= 11 is 0. The Labute approximate surface area is 153 Å². The third-order valence-corrected chi connectivity index (χ3v) is 3.90. The Morgan fingerprint density at radius 3 is 2.50 bits per heavy atom. The fraction of sp³-hybridized carbons (Fsp3) is 0.238. The molecule has 0 spiro atoms. The van der Waals surface area contributed by atoms with Gasteiger partial charge in [0.25, 0.3) is 0 Å². The summed E-state index contributed by atoms with van der Waals surface area (Å²) in [6.45, 7) is 3.39. The van der Waals surface area contributed by atoms with Gasteiger partial charge in [-0.1, -0.05) is 37.3 Å². The molecule has 132 valence electrons. The van der Waals surface area contributed by atoms with Crippen LogP contribution < -0.4 is 9.64 Å². The molecule has 26 heavy (non-hydrogen) atoms. The number of nitriles is 1. The zero-order valence-electron chi connectivity index (χ0n) is 15.0. The van der Waals surface area contributed by atoms with E-state index in [1.54, 1.807) is 0 Å². The molecule has 1 aromatic heterocycles. The molecular formula is C21H21N3O2. The van der Waals surface area contributed by atoms with E-state index in [1.165, 1.54) is 0 Å².